The maximum absolute atomic E-state index is 10.3. The van der Waals surface area contributed by atoms with E-state index in [1.165, 1.54) is 0 Å². The van der Waals surface area contributed by atoms with Crippen molar-refractivity contribution >= 4 is 5.69 Å². The Morgan fingerprint density at radius 3 is 2.73 bits per heavy atom. The second-order valence-corrected chi connectivity index (χ2v) is 3.65. The summed E-state index contributed by atoms with van der Waals surface area (Å²) < 4.78 is 0. The summed E-state index contributed by atoms with van der Waals surface area (Å²) in [7, 11) is 0. The minimum Gasteiger partial charge on any atom is -0.369 e. The molecule has 15 heavy (non-hydrogen) atoms. The number of hydrogen-bond donors (Lipinski definition) is 1. The highest BCUT2D eigenvalue weighted by atomic mass is 16.3. The van der Waals surface area contributed by atoms with Crippen LogP contribution in [0.25, 0.3) is 0 Å². The van der Waals surface area contributed by atoms with Crippen LogP contribution in [0.4, 0.5) is 5.69 Å². The highest BCUT2D eigenvalue weighted by Crippen LogP contribution is 2.21. The first-order valence-corrected chi connectivity index (χ1v) is 5.24. The van der Waals surface area contributed by atoms with E-state index in [0.29, 0.717) is 0 Å². The Hall–Kier alpha value is -1.42. The summed E-state index contributed by atoms with van der Waals surface area (Å²) in [5.41, 5.74) is 2.17. The molecule has 0 aliphatic carbocycles. The normalized spacial score (nSPS) is 16.4. The third-order valence-corrected chi connectivity index (χ3v) is 2.68. The van der Waals surface area contributed by atoms with E-state index in [1.807, 2.05) is 18.2 Å². The Morgan fingerprint density at radius 2 is 2.00 bits per heavy atom. The van der Waals surface area contributed by atoms with Gasteiger partial charge in [-0.3, -0.25) is 0 Å². The van der Waals surface area contributed by atoms with Crippen LogP contribution < -0.4 is 10.2 Å². The molecule has 0 saturated carbocycles. The molecule has 2 rings (SSSR count). The molecule has 1 aliphatic rings. The standard InChI is InChI=1S/C11H15N3O/c15-13-9-10-3-1-2-4-11(10)14-7-5-12-6-8-14/h1-4,12H,5-9H2. The Bertz CT molecular complexity index is 334. The Balaban J connectivity index is 2.20. The van der Waals surface area contributed by atoms with Gasteiger partial charge in [-0.05, 0) is 6.07 Å². The minimum atomic E-state index is 0.264. The molecule has 0 atom stereocenters. The molecule has 0 aromatic heterocycles. The van der Waals surface area contributed by atoms with Crippen LogP contribution in [0.2, 0.25) is 0 Å². The number of piperazine rings is 1. The molecule has 1 aromatic carbocycles. The third kappa shape index (κ3) is 2.33. The molecule has 4 heteroatoms. The first-order valence-electron chi connectivity index (χ1n) is 5.24. The number of hydrogen-bond acceptors (Lipinski definition) is 4. The van der Waals surface area contributed by atoms with Crippen LogP contribution in [-0.4, -0.2) is 26.2 Å². The number of anilines is 1. The highest BCUT2D eigenvalue weighted by molar-refractivity contribution is 5.54. The average Bonchev–Trinajstić information content (AvgIpc) is 2.31. The average molecular weight is 205 g/mol. The third-order valence-electron chi connectivity index (χ3n) is 2.68. The van der Waals surface area contributed by atoms with Crippen LogP contribution in [0.3, 0.4) is 0 Å². The number of nitrogens with one attached hydrogen (secondary N) is 1. The summed E-state index contributed by atoms with van der Waals surface area (Å²) in [4.78, 5) is 12.6. The van der Waals surface area contributed by atoms with Gasteiger partial charge in [0.15, 0.2) is 0 Å². The van der Waals surface area contributed by atoms with Gasteiger partial charge in [0.2, 0.25) is 0 Å². The summed E-state index contributed by atoms with van der Waals surface area (Å²) >= 11 is 0. The summed E-state index contributed by atoms with van der Waals surface area (Å²) in [6.45, 7) is 4.26. The molecule has 4 nitrogen and oxygen atoms in total. The van der Waals surface area contributed by atoms with Crippen LogP contribution in [0, 0.1) is 4.91 Å². The minimum absolute atomic E-state index is 0.264. The molecule has 0 bridgehead atoms. The van der Waals surface area contributed by atoms with E-state index in [4.69, 9.17) is 0 Å². The van der Waals surface area contributed by atoms with Crippen molar-refractivity contribution in [2.75, 3.05) is 31.1 Å². The van der Waals surface area contributed by atoms with E-state index < -0.39 is 0 Å². The molecule has 1 fully saturated rings. The van der Waals surface area contributed by atoms with Gasteiger partial charge in [-0.2, -0.15) is 4.91 Å². The van der Waals surface area contributed by atoms with Gasteiger partial charge in [0.1, 0.15) is 6.54 Å². The predicted octanol–water partition coefficient (Wildman–Crippen LogP) is 1.36. The zero-order chi connectivity index (χ0) is 10.5. The lowest BCUT2D eigenvalue weighted by molar-refractivity contribution is 0.588. The van der Waals surface area contributed by atoms with Gasteiger partial charge in [0.05, 0.1) is 0 Å². The lowest BCUT2D eigenvalue weighted by Crippen LogP contribution is -2.43. The monoisotopic (exact) mass is 205 g/mol. The van der Waals surface area contributed by atoms with Gasteiger partial charge in [0.25, 0.3) is 0 Å². The van der Waals surface area contributed by atoms with Crippen molar-refractivity contribution in [1.82, 2.24) is 5.32 Å². The topological polar surface area (TPSA) is 44.7 Å². The van der Waals surface area contributed by atoms with Crippen LogP contribution in [0.15, 0.2) is 29.4 Å². The first kappa shape index (κ1) is 10.1. The number of nitroso groups, excluding NO2 is 1. The SMILES string of the molecule is O=NCc1ccccc1N1CCNCC1. The number of para-hydroxylation sites is 1. The molecule has 1 saturated heterocycles. The van der Waals surface area contributed by atoms with Gasteiger partial charge >= 0.3 is 0 Å². The zero-order valence-electron chi connectivity index (χ0n) is 8.65. The second-order valence-electron chi connectivity index (χ2n) is 3.65. The van der Waals surface area contributed by atoms with E-state index in [2.05, 4.69) is 21.5 Å². The number of nitrogens with zero attached hydrogens (tertiary/aromatic N) is 2. The highest BCUT2D eigenvalue weighted by Gasteiger charge is 2.13. The summed E-state index contributed by atoms with van der Waals surface area (Å²) in [6.07, 6.45) is 0. The lowest BCUT2D eigenvalue weighted by Gasteiger charge is -2.30. The lowest BCUT2D eigenvalue weighted by atomic mass is 10.1. The van der Waals surface area contributed by atoms with Crippen LogP contribution >= 0.6 is 0 Å². The van der Waals surface area contributed by atoms with E-state index in [0.717, 1.165) is 37.4 Å². The van der Waals surface area contributed by atoms with Crippen LogP contribution in [0.5, 0.6) is 0 Å². The maximum atomic E-state index is 10.3. The quantitative estimate of drug-likeness (QED) is 0.758. The van der Waals surface area contributed by atoms with Crippen LogP contribution in [0.1, 0.15) is 5.56 Å². The summed E-state index contributed by atoms with van der Waals surface area (Å²) in [5, 5.41) is 6.28. The molecule has 0 unspecified atom stereocenters. The zero-order valence-corrected chi connectivity index (χ0v) is 8.65. The molecule has 1 aliphatic heterocycles. The van der Waals surface area contributed by atoms with Crippen molar-refractivity contribution in [3.63, 3.8) is 0 Å². The van der Waals surface area contributed by atoms with Crippen molar-refractivity contribution in [3.05, 3.63) is 34.7 Å². The van der Waals surface area contributed by atoms with E-state index >= 15 is 0 Å². The van der Waals surface area contributed by atoms with Crippen molar-refractivity contribution < 1.29 is 0 Å². The molecule has 1 heterocycles. The Kier molecular flexibility index (Phi) is 3.29. The predicted molar refractivity (Wildman–Crippen MR) is 61.0 cm³/mol. The van der Waals surface area contributed by atoms with E-state index in [1.54, 1.807) is 0 Å². The van der Waals surface area contributed by atoms with Gasteiger partial charge in [0, 0.05) is 37.4 Å². The summed E-state index contributed by atoms with van der Waals surface area (Å²) in [5.74, 6) is 0. The van der Waals surface area contributed by atoms with Gasteiger partial charge in [-0.25, -0.2) is 0 Å². The first-order chi connectivity index (χ1) is 7.42. The van der Waals surface area contributed by atoms with Crippen molar-refractivity contribution in [1.29, 1.82) is 0 Å². The van der Waals surface area contributed by atoms with Gasteiger partial charge < -0.3 is 10.2 Å². The molecular formula is C11H15N3O. The van der Waals surface area contributed by atoms with Crippen molar-refractivity contribution in [2.24, 2.45) is 5.18 Å². The fraction of sp³-hybridized carbons (Fsp3) is 0.455. The molecule has 0 spiro atoms. The molecule has 1 N–H and O–H groups in total. The fourth-order valence-corrected chi connectivity index (χ4v) is 1.93. The molecule has 80 valence electrons. The molecule has 0 amide bonds. The Morgan fingerprint density at radius 1 is 1.27 bits per heavy atom. The fourth-order valence-electron chi connectivity index (χ4n) is 1.93. The molecular weight excluding hydrogens is 190 g/mol. The van der Waals surface area contributed by atoms with E-state index in [-0.39, 0.29) is 6.54 Å². The van der Waals surface area contributed by atoms with Crippen LogP contribution in [-0.2, 0) is 6.54 Å². The maximum Gasteiger partial charge on any atom is 0.108 e. The second kappa shape index (κ2) is 4.89. The smallest absolute Gasteiger partial charge is 0.108 e. The van der Waals surface area contributed by atoms with Gasteiger partial charge in [-0.15, -0.1) is 0 Å². The number of rotatable bonds is 3. The van der Waals surface area contributed by atoms with E-state index in [9.17, 15) is 4.91 Å². The van der Waals surface area contributed by atoms with Crippen molar-refractivity contribution in [3.8, 4) is 0 Å². The molecule has 1 aromatic rings. The number of benzene rings is 1. The Labute approximate surface area is 89.3 Å². The van der Waals surface area contributed by atoms with Crippen molar-refractivity contribution in [2.45, 2.75) is 6.54 Å². The molecule has 0 radical (unpaired) electrons. The van der Waals surface area contributed by atoms with Gasteiger partial charge in [-0.1, -0.05) is 23.4 Å². The largest absolute Gasteiger partial charge is 0.369 e. The summed E-state index contributed by atoms with van der Waals surface area (Å²) in [6, 6.07) is 7.99.